The van der Waals surface area contributed by atoms with E-state index in [1.54, 1.807) is 30.3 Å². The van der Waals surface area contributed by atoms with Gasteiger partial charge in [-0.25, -0.2) is 14.4 Å². The summed E-state index contributed by atoms with van der Waals surface area (Å²) in [6.07, 6.45) is 1.25. The van der Waals surface area contributed by atoms with Crippen molar-refractivity contribution < 1.29 is 9.18 Å². The van der Waals surface area contributed by atoms with Crippen LogP contribution in [0.15, 0.2) is 54.9 Å². The quantitative estimate of drug-likeness (QED) is 0.657. The lowest BCUT2D eigenvalue weighted by Gasteiger charge is -2.09. The van der Waals surface area contributed by atoms with E-state index in [0.717, 1.165) is 0 Å². The lowest BCUT2D eigenvalue weighted by atomic mass is 10.2. The van der Waals surface area contributed by atoms with Crippen LogP contribution in [0.5, 0.6) is 0 Å². The molecule has 0 bridgehead atoms. The second-order valence-corrected chi connectivity index (χ2v) is 6.16. The first-order valence-corrected chi connectivity index (χ1v) is 8.34. The molecule has 0 saturated carbocycles. The van der Waals surface area contributed by atoms with Gasteiger partial charge < -0.3 is 10.6 Å². The highest BCUT2D eigenvalue weighted by molar-refractivity contribution is 6.36. The van der Waals surface area contributed by atoms with E-state index in [2.05, 4.69) is 20.6 Å². The summed E-state index contributed by atoms with van der Waals surface area (Å²) in [6, 6.07) is 12.6. The summed E-state index contributed by atoms with van der Waals surface area (Å²) in [7, 11) is 0. The Labute approximate surface area is 159 Å². The Balaban J connectivity index is 1.70. The van der Waals surface area contributed by atoms with Crippen molar-refractivity contribution in [2.45, 2.75) is 6.54 Å². The third kappa shape index (κ3) is 4.47. The van der Waals surface area contributed by atoms with Gasteiger partial charge >= 0.3 is 0 Å². The van der Waals surface area contributed by atoms with Crippen LogP contribution >= 0.6 is 23.2 Å². The summed E-state index contributed by atoms with van der Waals surface area (Å²) < 4.78 is 13.6. The summed E-state index contributed by atoms with van der Waals surface area (Å²) >= 11 is 11.9. The number of benzene rings is 2. The van der Waals surface area contributed by atoms with Crippen LogP contribution < -0.4 is 10.6 Å². The summed E-state index contributed by atoms with van der Waals surface area (Å²) in [4.78, 5) is 20.3. The number of aromatic nitrogens is 2. The van der Waals surface area contributed by atoms with Gasteiger partial charge in [-0.3, -0.25) is 4.79 Å². The zero-order chi connectivity index (χ0) is 18.5. The molecule has 0 atom stereocenters. The highest BCUT2D eigenvalue weighted by Crippen LogP contribution is 2.25. The van der Waals surface area contributed by atoms with E-state index in [4.69, 9.17) is 23.2 Å². The molecule has 3 rings (SSSR count). The van der Waals surface area contributed by atoms with Crippen molar-refractivity contribution in [1.29, 1.82) is 0 Å². The summed E-state index contributed by atoms with van der Waals surface area (Å²) in [5.41, 5.74) is 1.05. The SMILES string of the molecule is O=C(Nc1ccc(Cl)cc1Cl)c1cc(NCc2ccccc2F)ncn1. The fraction of sp³-hybridized carbons (Fsp3) is 0.0556. The van der Waals surface area contributed by atoms with E-state index in [1.807, 2.05) is 0 Å². The van der Waals surface area contributed by atoms with Crippen molar-refractivity contribution in [2.75, 3.05) is 10.6 Å². The maximum atomic E-state index is 13.6. The van der Waals surface area contributed by atoms with Crippen LogP contribution in [-0.4, -0.2) is 15.9 Å². The first-order chi connectivity index (χ1) is 12.5. The Kier molecular flexibility index (Phi) is 5.65. The monoisotopic (exact) mass is 390 g/mol. The van der Waals surface area contributed by atoms with E-state index < -0.39 is 5.91 Å². The van der Waals surface area contributed by atoms with Crippen molar-refractivity contribution in [3.05, 3.63) is 82.0 Å². The Morgan fingerprint density at radius 2 is 1.88 bits per heavy atom. The van der Waals surface area contributed by atoms with Crippen molar-refractivity contribution in [2.24, 2.45) is 0 Å². The van der Waals surface area contributed by atoms with Gasteiger partial charge in [0.25, 0.3) is 5.91 Å². The molecule has 8 heteroatoms. The molecule has 0 aliphatic heterocycles. The standard InChI is InChI=1S/C18H13Cl2FN4O/c19-12-5-6-15(13(20)7-12)25-18(26)16-8-17(24-10-23-16)22-9-11-3-1-2-4-14(11)21/h1-8,10H,9H2,(H,25,26)(H,22,23,24). The van der Waals surface area contributed by atoms with Gasteiger partial charge in [0.2, 0.25) is 0 Å². The van der Waals surface area contributed by atoms with Crippen molar-refractivity contribution >= 4 is 40.6 Å². The number of carbonyl (C=O) groups excluding carboxylic acids is 1. The van der Waals surface area contributed by atoms with Crippen LogP contribution in [0.25, 0.3) is 0 Å². The minimum Gasteiger partial charge on any atom is -0.366 e. The van der Waals surface area contributed by atoms with Crippen molar-refractivity contribution in [1.82, 2.24) is 9.97 Å². The van der Waals surface area contributed by atoms with Gasteiger partial charge in [0.1, 0.15) is 23.7 Å². The topological polar surface area (TPSA) is 66.9 Å². The van der Waals surface area contributed by atoms with E-state index in [1.165, 1.54) is 24.5 Å². The molecule has 1 heterocycles. The van der Waals surface area contributed by atoms with Gasteiger partial charge in [0.05, 0.1) is 10.7 Å². The number of anilines is 2. The van der Waals surface area contributed by atoms with Gasteiger partial charge in [-0.05, 0) is 24.3 Å². The highest BCUT2D eigenvalue weighted by atomic mass is 35.5. The number of halogens is 3. The Bertz CT molecular complexity index is 952. The number of amides is 1. The highest BCUT2D eigenvalue weighted by Gasteiger charge is 2.12. The van der Waals surface area contributed by atoms with Crippen LogP contribution in [-0.2, 0) is 6.54 Å². The molecule has 3 aromatic rings. The molecule has 132 valence electrons. The molecule has 5 nitrogen and oxygen atoms in total. The molecule has 2 N–H and O–H groups in total. The lowest BCUT2D eigenvalue weighted by molar-refractivity contribution is 0.102. The zero-order valence-corrected chi connectivity index (χ0v) is 14.9. The first kappa shape index (κ1) is 18.1. The maximum Gasteiger partial charge on any atom is 0.274 e. The Hall–Kier alpha value is -2.70. The molecule has 1 amide bonds. The first-order valence-electron chi connectivity index (χ1n) is 7.58. The molecule has 0 aliphatic rings. The molecule has 2 aromatic carbocycles. The molecule has 0 radical (unpaired) electrons. The molecule has 0 unspecified atom stereocenters. The van der Waals surface area contributed by atoms with Crippen molar-refractivity contribution in [3.63, 3.8) is 0 Å². The predicted molar refractivity (Wildman–Crippen MR) is 100 cm³/mol. The normalized spacial score (nSPS) is 10.4. The van der Waals surface area contributed by atoms with Gasteiger partial charge in [0, 0.05) is 23.2 Å². The second-order valence-electron chi connectivity index (χ2n) is 5.31. The minimum absolute atomic E-state index is 0.141. The van der Waals surface area contributed by atoms with Crippen LogP contribution in [0, 0.1) is 5.82 Å². The average molecular weight is 391 g/mol. The number of nitrogens with zero attached hydrogens (tertiary/aromatic N) is 2. The minimum atomic E-state index is -0.453. The summed E-state index contributed by atoms with van der Waals surface area (Å²) in [5, 5.41) is 6.41. The van der Waals surface area contributed by atoms with Crippen LogP contribution in [0.3, 0.4) is 0 Å². The molecule has 0 saturated heterocycles. The lowest BCUT2D eigenvalue weighted by Crippen LogP contribution is -2.15. The second kappa shape index (κ2) is 8.12. The molecule has 0 aliphatic carbocycles. The summed E-state index contributed by atoms with van der Waals surface area (Å²) in [6.45, 7) is 0.230. The molecule has 0 spiro atoms. The maximum absolute atomic E-state index is 13.6. The molecular weight excluding hydrogens is 378 g/mol. The van der Waals surface area contributed by atoms with Crippen molar-refractivity contribution in [3.8, 4) is 0 Å². The number of rotatable bonds is 5. The van der Waals surface area contributed by atoms with Crippen LogP contribution in [0.2, 0.25) is 10.0 Å². The van der Waals surface area contributed by atoms with Gasteiger partial charge in [-0.2, -0.15) is 0 Å². The largest absolute Gasteiger partial charge is 0.366 e. The third-order valence-electron chi connectivity index (χ3n) is 3.50. The third-order valence-corrected chi connectivity index (χ3v) is 4.04. The van der Waals surface area contributed by atoms with Crippen LogP contribution in [0.1, 0.15) is 16.1 Å². The van der Waals surface area contributed by atoms with Crippen LogP contribution in [0.4, 0.5) is 15.9 Å². The predicted octanol–water partition coefficient (Wildman–Crippen LogP) is 4.79. The fourth-order valence-electron chi connectivity index (χ4n) is 2.18. The Morgan fingerprint density at radius 1 is 1.08 bits per heavy atom. The average Bonchev–Trinajstić information content (AvgIpc) is 2.63. The molecule has 26 heavy (non-hydrogen) atoms. The number of hydrogen-bond acceptors (Lipinski definition) is 4. The molecular formula is C18H13Cl2FN4O. The van der Waals surface area contributed by atoms with E-state index in [-0.39, 0.29) is 18.1 Å². The van der Waals surface area contributed by atoms with Gasteiger partial charge in [0.15, 0.2) is 0 Å². The van der Waals surface area contributed by atoms with Gasteiger partial charge in [-0.1, -0.05) is 41.4 Å². The Morgan fingerprint density at radius 3 is 2.65 bits per heavy atom. The molecule has 0 fully saturated rings. The number of carbonyl (C=O) groups is 1. The smallest absolute Gasteiger partial charge is 0.274 e. The summed E-state index contributed by atoms with van der Waals surface area (Å²) in [5.74, 6) is -0.370. The zero-order valence-electron chi connectivity index (χ0n) is 13.3. The number of nitrogens with one attached hydrogen (secondary N) is 2. The van der Waals surface area contributed by atoms with E-state index in [0.29, 0.717) is 27.1 Å². The number of hydrogen-bond donors (Lipinski definition) is 2. The van der Waals surface area contributed by atoms with E-state index in [9.17, 15) is 9.18 Å². The van der Waals surface area contributed by atoms with E-state index >= 15 is 0 Å². The molecule has 1 aromatic heterocycles. The fourth-order valence-corrected chi connectivity index (χ4v) is 2.64. The van der Waals surface area contributed by atoms with Gasteiger partial charge in [-0.15, -0.1) is 0 Å².